The Balaban J connectivity index is 1.96. The summed E-state index contributed by atoms with van der Waals surface area (Å²) in [4.78, 5) is 8.59. The van der Waals surface area contributed by atoms with E-state index in [1.54, 1.807) is 6.20 Å². The third-order valence-electron chi connectivity index (χ3n) is 2.58. The number of nitrogens with zero attached hydrogens (tertiary/aromatic N) is 2. The van der Waals surface area contributed by atoms with Gasteiger partial charge in [0.2, 0.25) is 0 Å². The van der Waals surface area contributed by atoms with Crippen LogP contribution in [0.1, 0.15) is 30.8 Å². The average molecular weight is 227 g/mol. The number of halogens is 1. The van der Waals surface area contributed by atoms with Crippen LogP contribution >= 0.6 is 11.6 Å². The molecule has 0 aliphatic carbocycles. The van der Waals surface area contributed by atoms with E-state index in [-0.39, 0.29) is 0 Å². The third-order valence-corrected chi connectivity index (χ3v) is 2.86. The van der Waals surface area contributed by atoms with Crippen LogP contribution in [0.4, 0.5) is 0 Å². The molecule has 0 spiro atoms. The van der Waals surface area contributed by atoms with E-state index in [4.69, 9.17) is 16.3 Å². The summed E-state index contributed by atoms with van der Waals surface area (Å²) in [6, 6.07) is 1.85. The summed E-state index contributed by atoms with van der Waals surface area (Å²) in [6.45, 7) is 0.875. The lowest BCUT2D eigenvalue weighted by Crippen LogP contribution is -2.22. The minimum absolute atomic E-state index is 0.296. The predicted molar refractivity (Wildman–Crippen MR) is 58.9 cm³/mol. The molecule has 1 saturated heterocycles. The summed E-state index contributed by atoms with van der Waals surface area (Å²) in [5.74, 6) is 1.29. The first-order valence-corrected chi connectivity index (χ1v) is 5.90. The Hall–Kier alpha value is -0.670. The summed E-state index contributed by atoms with van der Waals surface area (Å²) < 4.78 is 5.64. The van der Waals surface area contributed by atoms with E-state index in [0.29, 0.717) is 12.0 Å². The van der Waals surface area contributed by atoms with Crippen molar-refractivity contribution in [1.82, 2.24) is 9.97 Å². The molecule has 1 atom stereocenters. The predicted octanol–water partition coefficient (Wildman–Crippen LogP) is 2.33. The van der Waals surface area contributed by atoms with Gasteiger partial charge in [0.1, 0.15) is 5.82 Å². The maximum atomic E-state index is 5.72. The number of alkyl halides is 1. The lowest BCUT2D eigenvalue weighted by Gasteiger charge is -2.21. The fraction of sp³-hybridized carbons (Fsp3) is 0.636. The maximum absolute atomic E-state index is 5.72. The van der Waals surface area contributed by atoms with Gasteiger partial charge in [-0.25, -0.2) is 9.97 Å². The van der Waals surface area contributed by atoms with E-state index < -0.39 is 0 Å². The van der Waals surface area contributed by atoms with Crippen LogP contribution in [0.5, 0.6) is 0 Å². The zero-order valence-corrected chi connectivity index (χ0v) is 9.41. The van der Waals surface area contributed by atoms with E-state index in [2.05, 4.69) is 9.97 Å². The van der Waals surface area contributed by atoms with Gasteiger partial charge in [0, 0.05) is 19.2 Å². The zero-order chi connectivity index (χ0) is 10.5. The first-order chi connectivity index (χ1) is 7.38. The highest BCUT2D eigenvalue weighted by Gasteiger charge is 2.15. The molecule has 15 heavy (non-hydrogen) atoms. The van der Waals surface area contributed by atoms with Gasteiger partial charge in [-0.15, -0.1) is 11.6 Å². The first kappa shape index (κ1) is 10.8. The summed E-state index contributed by atoms with van der Waals surface area (Å²) >= 11 is 5.72. The van der Waals surface area contributed by atoms with Crippen LogP contribution in [0, 0.1) is 0 Å². The molecule has 0 aromatic carbocycles. The lowest BCUT2D eigenvalue weighted by atomic mass is 10.1. The van der Waals surface area contributed by atoms with Gasteiger partial charge in [0.15, 0.2) is 0 Å². The number of rotatable bonds is 3. The van der Waals surface area contributed by atoms with Gasteiger partial charge in [-0.05, 0) is 25.3 Å². The van der Waals surface area contributed by atoms with Crippen LogP contribution < -0.4 is 0 Å². The monoisotopic (exact) mass is 226 g/mol. The minimum atomic E-state index is 0.296. The highest BCUT2D eigenvalue weighted by atomic mass is 35.5. The molecule has 1 unspecified atom stereocenters. The van der Waals surface area contributed by atoms with Crippen LogP contribution in [0.15, 0.2) is 12.3 Å². The Morgan fingerprint density at radius 2 is 2.40 bits per heavy atom. The van der Waals surface area contributed by atoms with Crippen LogP contribution in [-0.2, 0) is 17.0 Å². The Bertz CT molecular complexity index is 313. The highest BCUT2D eigenvalue weighted by molar-refractivity contribution is 6.16. The second-order valence-electron chi connectivity index (χ2n) is 3.79. The van der Waals surface area contributed by atoms with Crippen molar-refractivity contribution in [2.45, 2.75) is 37.7 Å². The molecule has 82 valence electrons. The molecule has 1 aromatic heterocycles. The molecule has 1 fully saturated rings. The normalized spacial score (nSPS) is 21.5. The maximum Gasteiger partial charge on any atom is 0.131 e. The smallest absolute Gasteiger partial charge is 0.131 e. The van der Waals surface area contributed by atoms with Crippen molar-refractivity contribution in [3.05, 3.63) is 23.8 Å². The van der Waals surface area contributed by atoms with Crippen molar-refractivity contribution >= 4 is 11.6 Å². The van der Waals surface area contributed by atoms with Crippen molar-refractivity contribution in [2.75, 3.05) is 6.61 Å². The quantitative estimate of drug-likeness (QED) is 0.742. The van der Waals surface area contributed by atoms with Crippen molar-refractivity contribution in [1.29, 1.82) is 0 Å². The Morgan fingerprint density at radius 3 is 3.13 bits per heavy atom. The van der Waals surface area contributed by atoms with Crippen molar-refractivity contribution in [3.8, 4) is 0 Å². The van der Waals surface area contributed by atoms with E-state index in [1.165, 1.54) is 12.8 Å². The van der Waals surface area contributed by atoms with E-state index in [1.807, 2.05) is 6.07 Å². The SMILES string of the molecule is ClCc1ccnc(CC2CCCCO2)n1. The molecular weight excluding hydrogens is 212 g/mol. The van der Waals surface area contributed by atoms with Crippen LogP contribution in [-0.4, -0.2) is 22.7 Å². The standard InChI is InChI=1S/C11H15ClN2O/c12-8-9-4-5-13-11(14-9)7-10-3-1-2-6-15-10/h4-5,10H,1-3,6-8H2. The average Bonchev–Trinajstić information content (AvgIpc) is 2.31. The van der Waals surface area contributed by atoms with Crippen LogP contribution in [0.3, 0.4) is 0 Å². The largest absolute Gasteiger partial charge is 0.378 e. The van der Waals surface area contributed by atoms with Crippen LogP contribution in [0.2, 0.25) is 0 Å². The summed E-state index contributed by atoms with van der Waals surface area (Å²) in [6.07, 6.45) is 6.42. The topological polar surface area (TPSA) is 35.0 Å². The Morgan fingerprint density at radius 1 is 1.47 bits per heavy atom. The fourth-order valence-corrected chi connectivity index (χ4v) is 1.93. The number of hydrogen-bond acceptors (Lipinski definition) is 3. The van der Waals surface area contributed by atoms with E-state index in [0.717, 1.165) is 31.0 Å². The third kappa shape index (κ3) is 3.14. The Labute approximate surface area is 94.8 Å². The molecular formula is C11H15ClN2O. The van der Waals surface area contributed by atoms with Crippen molar-refractivity contribution in [3.63, 3.8) is 0 Å². The molecule has 0 saturated carbocycles. The molecule has 4 heteroatoms. The molecule has 1 aromatic rings. The summed E-state index contributed by atoms with van der Waals surface area (Å²) in [5, 5.41) is 0. The fourth-order valence-electron chi connectivity index (χ4n) is 1.79. The second-order valence-corrected chi connectivity index (χ2v) is 4.06. The first-order valence-electron chi connectivity index (χ1n) is 5.37. The molecule has 0 amide bonds. The summed E-state index contributed by atoms with van der Waals surface area (Å²) in [7, 11) is 0. The van der Waals surface area contributed by atoms with Gasteiger partial charge < -0.3 is 4.74 Å². The van der Waals surface area contributed by atoms with Crippen molar-refractivity contribution in [2.24, 2.45) is 0 Å². The van der Waals surface area contributed by atoms with E-state index >= 15 is 0 Å². The second kappa shape index (κ2) is 5.42. The molecule has 2 heterocycles. The van der Waals surface area contributed by atoms with Gasteiger partial charge in [0.25, 0.3) is 0 Å². The lowest BCUT2D eigenvalue weighted by molar-refractivity contribution is 0.0156. The molecule has 0 radical (unpaired) electrons. The Kier molecular flexibility index (Phi) is 3.92. The van der Waals surface area contributed by atoms with Crippen LogP contribution in [0.25, 0.3) is 0 Å². The van der Waals surface area contributed by atoms with Gasteiger partial charge in [-0.1, -0.05) is 0 Å². The number of hydrogen-bond donors (Lipinski definition) is 0. The molecule has 1 aliphatic rings. The molecule has 1 aliphatic heterocycles. The van der Waals surface area contributed by atoms with Gasteiger partial charge >= 0.3 is 0 Å². The van der Waals surface area contributed by atoms with Gasteiger partial charge in [-0.2, -0.15) is 0 Å². The zero-order valence-electron chi connectivity index (χ0n) is 8.66. The number of ether oxygens (including phenoxy) is 1. The molecule has 0 N–H and O–H groups in total. The van der Waals surface area contributed by atoms with Gasteiger partial charge in [0.05, 0.1) is 17.7 Å². The van der Waals surface area contributed by atoms with Crippen molar-refractivity contribution < 1.29 is 4.74 Å². The van der Waals surface area contributed by atoms with Gasteiger partial charge in [-0.3, -0.25) is 0 Å². The molecule has 2 rings (SSSR count). The molecule has 0 bridgehead atoms. The number of aromatic nitrogens is 2. The van der Waals surface area contributed by atoms with E-state index in [9.17, 15) is 0 Å². The molecule has 3 nitrogen and oxygen atoms in total. The minimum Gasteiger partial charge on any atom is -0.378 e. The summed E-state index contributed by atoms with van der Waals surface area (Å²) in [5.41, 5.74) is 0.887. The highest BCUT2D eigenvalue weighted by Crippen LogP contribution is 2.15.